The molecule has 0 unspecified atom stereocenters. The molecule has 8 heteroatoms. The second-order valence-electron chi connectivity index (χ2n) is 3.68. The first kappa shape index (κ1) is 16.1. The van der Waals surface area contributed by atoms with Gasteiger partial charge in [0.05, 0.1) is 13.0 Å². The van der Waals surface area contributed by atoms with Crippen molar-refractivity contribution in [2.45, 2.75) is 24.7 Å². The summed E-state index contributed by atoms with van der Waals surface area (Å²) in [6, 6.07) is 6.05. The molecule has 1 aromatic rings. The van der Waals surface area contributed by atoms with E-state index in [2.05, 4.69) is 15.9 Å². The van der Waals surface area contributed by atoms with Crippen LogP contribution in [0.4, 0.5) is 26.3 Å². The first-order chi connectivity index (χ1) is 8.67. The van der Waals surface area contributed by atoms with Crippen LogP contribution >= 0.6 is 15.9 Å². The zero-order chi connectivity index (χ0) is 14.7. The van der Waals surface area contributed by atoms with Crippen LogP contribution in [0, 0.1) is 0 Å². The van der Waals surface area contributed by atoms with Crippen molar-refractivity contribution < 1.29 is 31.1 Å². The molecule has 1 rings (SSSR count). The second kappa shape index (κ2) is 6.02. The molecule has 108 valence electrons. The molecule has 19 heavy (non-hydrogen) atoms. The van der Waals surface area contributed by atoms with Crippen LogP contribution in [-0.2, 0) is 0 Å². The average Bonchev–Trinajstić information content (AvgIpc) is 2.28. The molecule has 0 aromatic heterocycles. The van der Waals surface area contributed by atoms with Crippen molar-refractivity contribution in [1.82, 2.24) is 0 Å². The summed E-state index contributed by atoms with van der Waals surface area (Å²) in [6.45, 7) is -0.800. The Morgan fingerprint density at radius 2 is 1.79 bits per heavy atom. The zero-order valence-electron chi connectivity index (χ0n) is 9.35. The van der Waals surface area contributed by atoms with Gasteiger partial charge in [-0.2, -0.15) is 17.6 Å². The number of ether oxygens (including phenoxy) is 1. The van der Waals surface area contributed by atoms with Crippen molar-refractivity contribution in [3.05, 3.63) is 28.7 Å². The summed E-state index contributed by atoms with van der Waals surface area (Å²) in [6.07, 6.45) is -5.93. The number of benzene rings is 1. The Morgan fingerprint density at radius 3 is 2.32 bits per heavy atom. The van der Waals surface area contributed by atoms with E-state index in [9.17, 15) is 26.3 Å². The highest BCUT2D eigenvalue weighted by atomic mass is 79.9. The average molecular weight is 351 g/mol. The highest BCUT2D eigenvalue weighted by Gasteiger charge is 2.62. The molecule has 0 aliphatic heterocycles. The van der Waals surface area contributed by atoms with Gasteiger partial charge in [-0.25, -0.2) is 8.78 Å². The van der Waals surface area contributed by atoms with Crippen molar-refractivity contribution in [2.24, 2.45) is 0 Å². The smallest absolute Gasteiger partial charge is 0.369 e. The maximum absolute atomic E-state index is 12.9. The molecule has 1 aromatic carbocycles. The van der Waals surface area contributed by atoms with Gasteiger partial charge in [-0.1, -0.05) is 22.0 Å². The molecular weight excluding hydrogens is 342 g/mol. The molecule has 0 saturated heterocycles. The van der Waals surface area contributed by atoms with Gasteiger partial charge < -0.3 is 4.74 Å². The molecule has 0 saturated carbocycles. The molecule has 0 amide bonds. The van der Waals surface area contributed by atoms with Crippen LogP contribution in [0.3, 0.4) is 0 Å². The van der Waals surface area contributed by atoms with Crippen LogP contribution in [0.1, 0.15) is 6.42 Å². The topological polar surface area (TPSA) is 9.23 Å². The van der Waals surface area contributed by atoms with Gasteiger partial charge in [0.2, 0.25) is 0 Å². The van der Waals surface area contributed by atoms with Gasteiger partial charge >= 0.3 is 18.3 Å². The third-order valence-electron chi connectivity index (χ3n) is 2.24. The highest BCUT2D eigenvalue weighted by molar-refractivity contribution is 9.10. The fraction of sp³-hybridized carbons (Fsp3) is 0.455. The van der Waals surface area contributed by atoms with Gasteiger partial charge in [-0.3, -0.25) is 0 Å². The van der Waals surface area contributed by atoms with Gasteiger partial charge in [0, 0.05) is 4.47 Å². The number of halogens is 7. The summed E-state index contributed by atoms with van der Waals surface area (Å²) in [5.74, 6) is -10.0. The molecule has 0 heterocycles. The standard InChI is InChI=1S/C11H9BrF6O/c12-7-2-1-3-8(6-7)19-5-4-10(15,16)11(17,18)9(13)14/h1-3,6,9H,4-5H2. The number of hydrogen-bond donors (Lipinski definition) is 0. The molecule has 0 aliphatic rings. The lowest BCUT2D eigenvalue weighted by atomic mass is 10.1. The van der Waals surface area contributed by atoms with Crippen molar-refractivity contribution in [2.75, 3.05) is 6.61 Å². The van der Waals surface area contributed by atoms with Crippen molar-refractivity contribution in [3.63, 3.8) is 0 Å². The molecule has 0 bridgehead atoms. The summed E-state index contributed by atoms with van der Waals surface area (Å²) >= 11 is 3.10. The van der Waals surface area contributed by atoms with E-state index in [1.165, 1.54) is 12.1 Å². The van der Waals surface area contributed by atoms with Crippen molar-refractivity contribution in [1.29, 1.82) is 0 Å². The van der Waals surface area contributed by atoms with Crippen LogP contribution < -0.4 is 4.74 Å². The monoisotopic (exact) mass is 350 g/mol. The van der Waals surface area contributed by atoms with Gasteiger partial charge in [-0.15, -0.1) is 0 Å². The molecule has 0 aliphatic carbocycles. The van der Waals surface area contributed by atoms with Crippen molar-refractivity contribution in [3.8, 4) is 5.75 Å². The van der Waals surface area contributed by atoms with Crippen LogP contribution in [0.5, 0.6) is 5.75 Å². The van der Waals surface area contributed by atoms with Crippen LogP contribution in [-0.4, -0.2) is 24.9 Å². The van der Waals surface area contributed by atoms with Crippen LogP contribution in [0.15, 0.2) is 28.7 Å². The number of hydrogen-bond acceptors (Lipinski definition) is 1. The lowest BCUT2D eigenvalue weighted by molar-refractivity contribution is -0.267. The predicted octanol–water partition coefficient (Wildman–Crippen LogP) is 4.75. The minimum absolute atomic E-state index is 0.172. The summed E-state index contributed by atoms with van der Waals surface area (Å²) in [4.78, 5) is 0. The van der Waals surface area contributed by atoms with E-state index in [1.54, 1.807) is 12.1 Å². The Balaban J connectivity index is 2.57. The Kier molecular flexibility index (Phi) is 5.11. The summed E-state index contributed by atoms with van der Waals surface area (Å²) < 4.78 is 80.0. The van der Waals surface area contributed by atoms with E-state index >= 15 is 0 Å². The number of alkyl halides is 6. The first-order valence-corrected chi connectivity index (χ1v) is 5.88. The maximum atomic E-state index is 12.9. The van der Waals surface area contributed by atoms with Gasteiger partial charge in [-0.05, 0) is 18.2 Å². The fourth-order valence-corrected chi connectivity index (χ4v) is 1.56. The van der Waals surface area contributed by atoms with Crippen molar-refractivity contribution >= 4 is 15.9 Å². The highest BCUT2D eigenvalue weighted by Crippen LogP contribution is 2.41. The predicted molar refractivity (Wildman–Crippen MR) is 60.2 cm³/mol. The summed E-state index contributed by atoms with van der Waals surface area (Å²) in [5, 5.41) is 0. The minimum atomic E-state index is -5.37. The molecular formula is C11H9BrF6O. The normalized spacial score (nSPS) is 12.8. The van der Waals surface area contributed by atoms with E-state index in [1.807, 2.05) is 0 Å². The molecule has 1 nitrogen and oxygen atoms in total. The minimum Gasteiger partial charge on any atom is -0.493 e. The Morgan fingerprint density at radius 1 is 1.16 bits per heavy atom. The third-order valence-corrected chi connectivity index (χ3v) is 2.74. The molecule has 0 spiro atoms. The lowest BCUT2D eigenvalue weighted by Gasteiger charge is -2.25. The largest absolute Gasteiger partial charge is 0.493 e. The van der Waals surface area contributed by atoms with Gasteiger partial charge in [0.1, 0.15) is 5.75 Å². The van der Waals surface area contributed by atoms with E-state index in [0.29, 0.717) is 4.47 Å². The van der Waals surface area contributed by atoms with Gasteiger partial charge in [0.25, 0.3) is 0 Å². The van der Waals surface area contributed by atoms with Crippen LogP contribution in [0.2, 0.25) is 0 Å². The quantitative estimate of drug-likeness (QED) is 0.672. The Labute approximate surface area is 113 Å². The van der Waals surface area contributed by atoms with E-state index < -0.39 is 31.3 Å². The summed E-state index contributed by atoms with van der Waals surface area (Å²) in [7, 11) is 0. The molecule has 0 fully saturated rings. The molecule has 0 N–H and O–H groups in total. The zero-order valence-corrected chi connectivity index (χ0v) is 10.9. The molecule has 0 atom stereocenters. The Bertz CT molecular complexity index is 423. The van der Waals surface area contributed by atoms with Gasteiger partial charge in [0.15, 0.2) is 0 Å². The summed E-state index contributed by atoms with van der Waals surface area (Å²) in [5.41, 5.74) is 0. The lowest BCUT2D eigenvalue weighted by Crippen LogP contribution is -2.47. The van der Waals surface area contributed by atoms with E-state index in [0.717, 1.165) is 0 Å². The maximum Gasteiger partial charge on any atom is 0.369 e. The molecule has 0 radical (unpaired) electrons. The third kappa shape index (κ3) is 4.02. The van der Waals surface area contributed by atoms with Crippen LogP contribution in [0.25, 0.3) is 0 Å². The van der Waals surface area contributed by atoms with E-state index in [-0.39, 0.29) is 5.75 Å². The number of rotatable bonds is 6. The van der Waals surface area contributed by atoms with E-state index in [4.69, 9.17) is 4.74 Å². The second-order valence-corrected chi connectivity index (χ2v) is 4.60. The SMILES string of the molecule is FC(F)C(F)(F)C(F)(F)CCOc1cccc(Br)c1. The first-order valence-electron chi connectivity index (χ1n) is 5.09. The Hall–Kier alpha value is -0.920. The fourth-order valence-electron chi connectivity index (χ4n) is 1.18.